The molecule has 1 N–H and O–H groups in total. The van der Waals surface area contributed by atoms with Crippen molar-refractivity contribution in [3.8, 4) is 0 Å². The van der Waals surface area contributed by atoms with E-state index in [2.05, 4.69) is 58.0 Å². The zero-order valence-corrected chi connectivity index (χ0v) is 14.1. The first kappa shape index (κ1) is 15.7. The Hall–Kier alpha value is -0.650. The number of ether oxygens (including phenoxy) is 1. The van der Waals surface area contributed by atoms with Gasteiger partial charge in [-0.15, -0.1) is 0 Å². The van der Waals surface area contributed by atoms with Crippen molar-refractivity contribution in [2.24, 2.45) is 5.92 Å². The van der Waals surface area contributed by atoms with Crippen molar-refractivity contribution >= 4 is 21.7 Å². The summed E-state index contributed by atoms with van der Waals surface area (Å²) in [4.78, 5) is 6.94. The Bertz CT molecular complexity index is 439. The highest BCUT2D eigenvalue weighted by molar-refractivity contribution is 9.10. The number of nitrogens with zero attached hydrogens (tertiary/aromatic N) is 2. The molecule has 1 aromatic rings. The lowest BCUT2D eigenvalue weighted by Crippen LogP contribution is -2.42. The third kappa shape index (κ3) is 4.43. The van der Waals surface area contributed by atoms with Crippen molar-refractivity contribution < 1.29 is 4.74 Å². The van der Waals surface area contributed by atoms with Crippen molar-refractivity contribution in [1.82, 2.24) is 10.3 Å². The largest absolute Gasteiger partial charge is 0.375 e. The van der Waals surface area contributed by atoms with E-state index in [0.29, 0.717) is 5.92 Å². The molecule has 20 heavy (non-hydrogen) atoms. The van der Waals surface area contributed by atoms with Gasteiger partial charge in [-0.1, -0.05) is 13.8 Å². The second-order valence-electron chi connectivity index (χ2n) is 5.79. The minimum Gasteiger partial charge on any atom is -0.375 e. The molecule has 112 valence electrons. The molecule has 0 aliphatic carbocycles. The Balaban J connectivity index is 2.10. The summed E-state index contributed by atoms with van der Waals surface area (Å²) in [5, 5.41) is 3.50. The first-order chi connectivity index (χ1) is 9.56. The number of hydrogen-bond donors (Lipinski definition) is 1. The molecule has 1 fully saturated rings. The number of halogens is 1. The van der Waals surface area contributed by atoms with Gasteiger partial charge < -0.3 is 15.0 Å². The lowest BCUT2D eigenvalue weighted by Gasteiger charge is -2.33. The molecular formula is C15H24BrN3O. The molecule has 1 aliphatic rings. The van der Waals surface area contributed by atoms with Gasteiger partial charge >= 0.3 is 0 Å². The number of hydrogen-bond acceptors (Lipinski definition) is 4. The van der Waals surface area contributed by atoms with Gasteiger partial charge in [0.1, 0.15) is 5.82 Å². The van der Waals surface area contributed by atoms with Gasteiger partial charge in [0.25, 0.3) is 0 Å². The Morgan fingerprint density at radius 2 is 2.35 bits per heavy atom. The maximum atomic E-state index is 5.61. The van der Waals surface area contributed by atoms with Gasteiger partial charge in [0.2, 0.25) is 0 Å². The van der Waals surface area contributed by atoms with E-state index in [1.165, 1.54) is 5.56 Å². The quantitative estimate of drug-likeness (QED) is 0.893. The number of anilines is 1. The second-order valence-corrected chi connectivity index (χ2v) is 6.70. The summed E-state index contributed by atoms with van der Waals surface area (Å²) in [6, 6.07) is 2.16. The molecule has 4 nitrogen and oxygen atoms in total. The van der Waals surface area contributed by atoms with E-state index in [-0.39, 0.29) is 6.10 Å². The molecule has 0 radical (unpaired) electrons. The van der Waals surface area contributed by atoms with Crippen LogP contribution in [0.3, 0.4) is 0 Å². The van der Waals surface area contributed by atoms with Crippen LogP contribution in [0.15, 0.2) is 16.7 Å². The lowest BCUT2D eigenvalue weighted by atomic mass is 10.2. The maximum absolute atomic E-state index is 5.61. The molecular weight excluding hydrogens is 318 g/mol. The fraction of sp³-hybridized carbons (Fsp3) is 0.667. The molecule has 0 saturated carbocycles. The molecule has 5 heteroatoms. The molecule has 0 bridgehead atoms. The summed E-state index contributed by atoms with van der Waals surface area (Å²) < 4.78 is 6.64. The Morgan fingerprint density at radius 3 is 3.05 bits per heavy atom. The molecule has 1 aliphatic heterocycles. The van der Waals surface area contributed by atoms with Gasteiger partial charge in [0.05, 0.1) is 12.7 Å². The molecule has 1 saturated heterocycles. The normalized spacial score (nSPS) is 19.6. The zero-order valence-electron chi connectivity index (χ0n) is 12.5. The van der Waals surface area contributed by atoms with E-state index in [1.807, 2.05) is 6.20 Å². The topological polar surface area (TPSA) is 37.4 Å². The average molecular weight is 342 g/mol. The summed E-state index contributed by atoms with van der Waals surface area (Å²) in [5.74, 6) is 1.74. The van der Waals surface area contributed by atoms with Gasteiger partial charge in [-0.05, 0) is 41.4 Å². The van der Waals surface area contributed by atoms with Crippen LogP contribution in [0.4, 0.5) is 5.82 Å². The fourth-order valence-corrected chi connectivity index (χ4v) is 2.77. The highest BCUT2D eigenvalue weighted by Crippen LogP contribution is 2.23. The summed E-state index contributed by atoms with van der Waals surface area (Å²) in [5.41, 5.74) is 1.24. The maximum Gasteiger partial charge on any atom is 0.133 e. The Kier molecular flexibility index (Phi) is 5.81. The van der Waals surface area contributed by atoms with Gasteiger partial charge in [-0.3, -0.25) is 0 Å². The van der Waals surface area contributed by atoms with Crippen LogP contribution in [0, 0.1) is 5.92 Å². The average Bonchev–Trinajstić information content (AvgIpc) is 2.38. The SMILES string of the molecule is CC(C)CNCc1cc(Br)cnc1N1CCOC(C)C1. The zero-order chi connectivity index (χ0) is 14.5. The molecule has 0 spiro atoms. The van der Waals surface area contributed by atoms with E-state index >= 15 is 0 Å². The third-order valence-corrected chi connectivity index (χ3v) is 3.75. The molecule has 2 heterocycles. The third-order valence-electron chi connectivity index (χ3n) is 3.32. The highest BCUT2D eigenvalue weighted by atomic mass is 79.9. The van der Waals surface area contributed by atoms with Crippen LogP contribution >= 0.6 is 15.9 Å². The van der Waals surface area contributed by atoms with Crippen molar-refractivity contribution in [2.75, 3.05) is 31.1 Å². The number of aromatic nitrogens is 1. The van der Waals surface area contributed by atoms with Gasteiger partial charge in [0, 0.05) is 35.9 Å². The van der Waals surface area contributed by atoms with E-state index in [4.69, 9.17) is 4.74 Å². The van der Waals surface area contributed by atoms with Gasteiger partial charge in [0.15, 0.2) is 0 Å². The molecule has 1 aromatic heterocycles. The minimum absolute atomic E-state index is 0.269. The number of rotatable bonds is 5. The van der Waals surface area contributed by atoms with Crippen molar-refractivity contribution in [2.45, 2.75) is 33.4 Å². The Morgan fingerprint density at radius 1 is 1.55 bits per heavy atom. The van der Waals surface area contributed by atoms with E-state index in [1.54, 1.807) is 0 Å². The van der Waals surface area contributed by atoms with Crippen LogP contribution in [0.5, 0.6) is 0 Å². The predicted octanol–water partition coefficient (Wildman–Crippen LogP) is 2.81. The monoisotopic (exact) mass is 341 g/mol. The van der Waals surface area contributed by atoms with Crippen molar-refractivity contribution in [3.63, 3.8) is 0 Å². The summed E-state index contributed by atoms with van der Waals surface area (Å²) in [6.07, 6.45) is 2.15. The number of nitrogens with one attached hydrogen (secondary N) is 1. The summed E-state index contributed by atoms with van der Waals surface area (Å²) in [7, 11) is 0. The highest BCUT2D eigenvalue weighted by Gasteiger charge is 2.20. The summed E-state index contributed by atoms with van der Waals surface area (Å²) >= 11 is 3.52. The molecule has 0 amide bonds. The van der Waals surface area contributed by atoms with E-state index in [9.17, 15) is 0 Å². The van der Waals surface area contributed by atoms with Crippen molar-refractivity contribution in [1.29, 1.82) is 0 Å². The van der Waals surface area contributed by atoms with Crippen LogP contribution < -0.4 is 10.2 Å². The van der Waals surface area contributed by atoms with Gasteiger partial charge in [-0.2, -0.15) is 0 Å². The first-order valence-electron chi connectivity index (χ1n) is 7.28. The number of morpholine rings is 1. The lowest BCUT2D eigenvalue weighted by molar-refractivity contribution is 0.0529. The van der Waals surface area contributed by atoms with Crippen LogP contribution in [0.2, 0.25) is 0 Å². The van der Waals surface area contributed by atoms with Gasteiger partial charge in [-0.25, -0.2) is 4.98 Å². The van der Waals surface area contributed by atoms with Crippen LogP contribution in [0.25, 0.3) is 0 Å². The van der Waals surface area contributed by atoms with Crippen LogP contribution in [0.1, 0.15) is 26.3 Å². The van der Waals surface area contributed by atoms with Crippen LogP contribution in [-0.4, -0.2) is 37.3 Å². The molecule has 1 atom stereocenters. The second kappa shape index (κ2) is 7.38. The summed E-state index contributed by atoms with van der Waals surface area (Å²) in [6.45, 7) is 11.0. The Labute approximate surface area is 130 Å². The predicted molar refractivity (Wildman–Crippen MR) is 86.1 cm³/mol. The smallest absolute Gasteiger partial charge is 0.133 e. The molecule has 1 unspecified atom stereocenters. The standard InChI is InChI=1S/C15H24BrN3O/c1-11(2)7-17-8-13-6-14(16)9-18-15(13)19-4-5-20-12(3)10-19/h6,9,11-12,17H,4-5,7-8,10H2,1-3H3. The van der Waals surface area contributed by atoms with Crippen molar-refractivity contribution in [3.05, 3.63) is 22.3 Å². The fourth-order valence-electron chi connectivity index (χ4n) is 2.40. The number of pyridine rings is 1. The molecule has 0 aromatic carbocycles. The van der Waals surface area contributed by atoms with Crippen LogP contribution in [-0.2, 0) is 11.3 Å². The van der Waals surface area contributed by atoms with E-state index < -0.39 is 0 Å². The minimum atomic E-state index is 0.269. The molecule has 2 rings (SSSR count). The first-order valence-corrected chi connectivity index (χ1v) is 8.07. The van der Waals surface area contributed by atoms with E-state index in [0.717, 1.165) is 43.1 Å².